The second kappa shape index (κ2) is 4.45. The van der Waals surface area contributed by atoms with E-state index < -0.39 is 26.2 Å². The zero-order valence-electron chi connectivity index (χ0n) is 5.20. The molecule has 0 rings (SSSR count). The first kappa shape index (κ1) is 10.6. The van der Waals surface area contributed by atoms with E-state index in [0.29, 0.717) is 0 Å². The highest BCUT2D eigenvalue weighted by atomic mass is 19.4. The lowest BCUT2D eigenvalue weighted by molar-refractivity contribution is -0.329. The smallest absolute Gasteiger partial charge is 0.321 e. The third kappa shape index (κ3) is 9.57. The zero-order valence-corrected chi connectivity index (χ0v) is 5.20. The lowest BCUT2D eigenvalue weighted by Gasteiger charge is -2.06. The normalized spacial score (nSPS) is 12.5. The molecule has 11 heavy (non-hydrogen) atoms. The predicted molar refractivity (Wildman–Crippen MR) is 24.0 cm³/mol. The average Bonchev–Trinajstić information content (AvgIpc) is 1.78. The van der Waals surface area contributed by atoms with Gasteiger partial charge >= 0.3 is 13.0 Å². The van der Waals surface area contributed by atoms with E-state index in [-0.39, 0.29) is 0 Å². The molecular weight excluding hydrogens is 175 g/mol. The molecule has 0 unspecified atom stereocenters. The van der Waals surface area contributed by atoms with Crippen LogP contribution in [0.4, 0.5) is 22.0 Å². The molecule has 0 bridgehead atoms. The Balaban J connectivity index is 3.15. The Morgan fingerprint density at radius 2 is 1.64 bits per heavy atom. The van der Waals surface area contributed by atoms with E-state index in [0.717, 1.165) is 0 Å². The van der Waals surface area contributed by atoms with Crippen molar-refractivity contribution >= 4 is 0 Å². The third-order valence-corrected chi connectivity index (χ3v) is 0.593. The number of ether oxygens (including phenoxy) is 2. The molecule has 0 saturated heterocycles. The van der Waals surface area contributed by atoms with Crippen molar-refractivity contribution < 1.29 is 31.4 Å². The first-order valence-corrected chi connectivity index (χ1v) is 2.52. The second-order valence-corrected chi connectivity index (χ2v) is 1.43. The van der Waals surface area contributed by atoms with Gasteiger partial charge in [0.25, 0.3) is 0 Å². The summed E-state index contributed by atoms with van der Waals surface area (Å²) in [5, 5.41) is 0. The van der Waals surface area contributed by atoms with E-state index in [1.165, 1.54) is 0 Å². The highest BCUT2D eigenvalue weighted by molar-refractivity contribution is 4.30. The molecule has 0 spiro atoms. The first-order chi connectivity index (χ1) is 4.92. The highest BCUT2D eigenvalue weighted by Crippen LogP contribution is 2.15. The zero-order chi connectivity index (χ0) is 8.91. The molecule has 0 aliphatic rings. The highest BCUT2D eigenvalue weighted by Gasteiger charge is 2.28. The van der Waals surface area contributed by atoms with Gasteiger partial charge in [0.15, 0.2) is 0 Å². The topological polar surface area (TPSA) is 18.5 Å². The molecule has 7 heteroatoms. The second-order valence-electron chi connectivity index (χ2n) is 1.43. The minimum Gasteiger partial charge on any atom is -0.321 e. The molecule has 0 atom stereocenters. The van der Waals surface area contributed by atoms with Gasteiger partial charge in [0.05, 0.1) is 13.2 Å². The van der Waals surface area contributed by atoms with E-state index in [1.54, 1.807) is 0 Å². The maximum absolute atomic E-state index is 11.1. The Labute approximate surface area is 58.9 Å². The van der Waals surface area contributed by atoms with Gasteiger partial charge in [-0.2, -0.15) is 8.78 Å². The summed E-state index contributed by atoms with van der Waals surface area (Å²) in [6, 6.07) is 0. The lowest BCUT2D eigenvalue weighted by atomic mass is 10.8. The van der Waals surface area contributed by atoms with E-state index in [2.05, 4.69) is 9.47 Å². The van der Waals surface area contributed by atoms with Crippen molar-refractivity contribution in [2.24, 2.45) is 0 Å². The van der Waals surface area contributed by atoms with Crippen LogP contribution in [0.1, 0.15) is 0 Å². The molecule has 0 aromatic rings. The molecule has 0 aromatic carbocycles. The number of alkyl halides is 5. The minimum absolute atomic E-state index is 0.781. The maximum atomic E-state index is 11.1. The van der Waals surface area contributed by atoms with Crippen molar-refractivity contribution in [1.29, 1.82) is 0 Å². The van der Waals surface area contributed by atoms with E-state index in [4.69, 9.17) is 0 Å². The van der Waals surface area contributed by atoms with Gasteiger partial charge in [0, 0.05) is 0 Å². The van der Waals surface area contributed by atoms with Gasteiger partial charge in [-0.3, -0.25) is 4.74 Å². The fourth-order valence-electron chi connectivity index (χ4n) is 0.295. The summed E-state index contributed by atoms with van der Waals surface area (Å²) in [6.07, 6.45) is -4.79. The van der Waals surface area contributed by atoms with Gasteiger partial charge in [-0.1, -0.05) is 0 Å². The summed E-state index contributed by atoms with van der Waals surface area (Å²) in [4.78, 5) is 0. The Morgan fingerprint density at radius 3 is 2.00 bits per heavy atom. The fraction of sp³-hybridized carbons (Fsp3) is 1.00. The fourth-order valence-corrected chi connectivity index (χ4v) is 0.295. The standard InChI is InChI=1S/C4H5F5O2/c5-3(6)10-1-2-11-4(7,8)9/h3H,1-2H2. The molecule has 0 aliphatic heterocycles. The molecule has 0 N–H and O–H groups in total. The van der Waals surface area contributed by atoms with Crippen molar-refractivity contribution in [3.63, 3.8) is 0 Å². The molecule has 68 valence electrons. The van der Waals surface area contributed by atoms with E-state index in [1.807, 2.05) is 0 Å². The van der Waals surface area contributed by atoms with Crippen LogP contribution in [0.25, 0.3) is 0 Å². The van der Waals surface area contributed by atoms with Gasteiger partial charge < -0.3 is 4.74 Å². The van der Waals surface area contributed by atoms with Gasteiger partial charge in [-0.25, -0.2) is 0 Å². The summed E-state index contributed by atoms with van der Waals surface area (Å²) < 4.78 is 62.1. The van der Waals surface area contributed by atoms with Crippen LogP contribution in [0.2, 0.25) is 0 Å². The predicted octanol–water partition coefficient (Wildman–Crippen LogP) is 1.76. The van der Waals surface area contributed by atoms with Crippen LogP contribution in [0.3, 0.4) is 0 Å². The molecule has 0 amide bonds. The minimum atomic E-state index is -4.79. The van der Waals surface area contributed by atoms with Crippen molar-refractivity contribution in [1.82, 2.24) is 0 Å². The van der Waals surface area contributed by atoms with Gasteiger partial charge in [-0.05, 0) is 0 Å². The first-order valence-electron chi connectivity index (χ1n) is 2.52. The van der Waals surface area contributed by atoms with Gasteiger partial charge in [-0.15, -0.1) is 13.2 Å². The number of rotatable bonds is 4. The molecule has 0 saturated carbocycles. The number of hydrogen-bond donors (Lipinski definition) is 0. The molecular formula is C4H5F5O2. The van der Waals surface area contributed by atoms with Crippen LogP contribution in [0.5, 0.6) is 0 Å². The van der Waals surface area contributed by atoms with Crippen LogP contribution in [0, 0.1) is 0 Å². The molecule has 0 aromatic heterocycles. The molecule has 0 radical (unpaired) electrons. The largest absolute Gasteiger partial charge is 0.522 e. The monoisotopic (exact) mass is 180 g/mol. The van der Waals surface area contributed by atoms with Crippen LogP contribution >= 0.6 is 0 Å². The van der Waals surface area contributed by atoms with Crippen LogP contribution < -0.4 is 0 Å². The molecule has 0 aliphatic carbocycles. The van der Waals surface area contributed by atoms with Crippen LogP contribution in [-0.4, -0.2) is 26.2 Å². The van der Waals surface area contributed by atoms with Crippen LogP contribution in [0.15, 0.2) is 0 Å². The average molecular weight is 180 g/mol. The molecule has 0 fully saturated rings. The third-order valence-electron chi connectivity index (χ3n) is 0.593. The summed E-state index contributed by atoms with van der Waals surface area (Å²) in [6.45, 7) is -4.77. The van der Waals surface area contributed by atoms with Crippen molar-refractivity contribution in [3.8, 4) is 0 Å². The van der Waals surface area contributed by atoms with Crippen LogP contribution in [-0.2, 0) is 9.47 Å². The number of hydrogen-bond acceptors (Lipinski definition) is 2. The van der Waals surface area contributed by atoms with Crippen molar-refractivity contribution in [2.45, 2.75) is 13.0 Å². The Hall–Kier alpha value is -0.430. The quantitative estimate of drug-likeness (QED) is 0.484. The summed E-state index contributed by atoms with van der Waals surface area (Å²) in [5.41, 5.74) is 0. The van der Waals surface area contributed by atoms with Gasteiger partial charge in [0.2, 0.25) is 0 Å². The Bertz CT molecular complexity index is 101. The maximum Gasteiger partial charge on any atom is 0.522 e. The van der Waals surface area contributed by atoms with E-state index >= 15 is 0 Å². The Kier molecular flexibility index (Phi) is 4.27. The Morgan fingerprint density at radius 1 is 1.09 bits per heavy atom. The lowest BCUT2D eigenvalue weighted by Crippen LogP contribution is -2.18. The molecule has 0 heterocycles. The summed E-state index contributed by atoms with van der Waals surface area (Å²) in [7, 11) is 0. The van der Waals surface area contributed by atoms with Crippen molar-refractivity contribution in [3.05, 3.63) is 0 Å². The van der Waals surface area contributed by atoms with Crippen molar-refractivity contribution in [2.75, 3.05) is 13.2 Å². The molecule has 2 nitrogen and oxygen atoms in total. The summed E-state index contributed by atoms with van der Waals surface area (Å²) in [5.74, 6) is 0. The summed E-state index contributed by atoms with van der Waals surface area (Å²) >= 11 is 0. The van der Waals surface area contributed by atoms with E-state index in [9.17, 15) is 22.0 Å². The van der Waals surface area contributed by atoms with Gasteiger partial charge in [0.1, 0.15) is 0 Å². The SMILES string of the molecule is FC(F)OCCOC(F)(F)F. The number of halogens is 5.